The van der Waals surface area contributed by atoms with Crippen molar-refractivity contribution in [3.8, 4) is 0 Å². The maximum Gasteiger partial charge on any atom is 0.490 e. The van der Waals surface area contributed by atoms with Crippen molar-refractivity contribution in [2.45, 2.75) is 31.6 Å². The Morgan fingerprint density at radius 2 is 1.87 bits per heavy atom. The molecule has 7 unspecified atom stereocenters. The lowest BCUT2D eigenvalue weighted by molar-refractivity contribution is -0.0609. The first-order valence-corrected chi connectivity index (χ1v) is 13.6. The number of nitrogens with zero attached hydrogens (tertiary/aromatic N) is 1. The molecule has 5 N–H and O–H groups in total. The zero-order valence-electron chi connectivity index (χ0n) is 15.5. The van der Waals surface area contributed by atoms with E-state index in [9.17, 15) is 33.1 Å². The Bertz CT molecular complexity index is 1120. The second kappa shape index (κ2) is 8.66. The number of aryl methyl sites for hydroxylation is 1. The van der Waals surface area contributed by atoms with Crippen LogP contribution in [0.15, 0.2) is 15.8 Å². The first-order valence-electron chi connectivity index (χ1n) is 8.31. The van der Waals surface area contributed by atoms with Crippen molar-refractivity contribution in [2.24, 2.45) is 5.92 Å². The molecule has 3 rings (SSSR count). The van der Waals surface area contributed by atoms with Gasteiger partial charge in [-0.3, -0.25) is 18.9 Å². The molecular weight excluding hydrogens is 508 g/mol. The minimum Gasteiger partial charge on any atom is -0.352 e. The van der Waals surface area contributed by atoms with Gasteiger partial charge in [-0.05, 0) is 25.7 Å². The number of hydrogen-bond acceptors (Lipinski definition) is 11. The topological polar surface area (TPSA) is 233 Å². The highest BCUT2D eigenvalue weighted by molar-refractivity contribution is 7.68. The van der Waals surface area contributed by atoms with Crippen LogP contribution in [-0.4, -0.2) is 41.3 Å². The van der Waals surface area contributed by atoms with E-state index >= 15 is 0 Å². The molecule has 1 aliphatic heterocycles. The van der Waals surface area contributed by atoms with E-state index < -0.39 is 62.2 Å². The predicted molar refractivity (Wildman–Crippen MR) is 101 cm³/mol. The van der Waals surface area contributed by atoms with Crippen LogP contribution in [0, 0.1) is 12.8 Å². The molecule has 16 nitrogen and oxygen atoms in total. The third-order valence-electron chi connectivity index (χ3n) is 4.53. The van der Waals surface area contributed by atoms with Crippen molar-refractivity contribution < 1.29 is 55.5 Å². The molecule has 0 spiro atoms. The summed E-state index contributed by atoms with van der Waals surface area (Å²) in [6.07, 6.45) is 1.26. The van der Waals surface area contributed by atoms with Crippen LogP contribution in [0.25, 0.3) is 0 Å². The van der Waals surface area contributed by atoms with Crippen LogP contribution in [0.2, 0.25) is 0 Å². The molecule has 7 atom stereocenters. The molecule has 31 heavy (non-hydrogen) atoms. The molecule has 20 heteroatoms. The number of ether oxygens (including phenoxy) is 1. The molecule has 176 valence electrons. The van der Waals surface area contributed by atoms with Crippen molar-refractivity contribution in [3.05, 3.63) is 32.6 Å². The highest BCUT2D eigenvalue weighted by Gasteiger charge is 2.63. The van der Waals surface area contributed by atoms with E-state index in [4.69, 9.17) is 14.5 Å². The average molecular weight is 526 g/mol. The molecule has 1 aromatic rings. The van der Waals surface area contributed by atoms with Crippen LogP contribution in [0.1, 0.15) is 24.6 Å². The Morgan fingerprint density at radius 3 is 2.52 bits per heavy atom. The number of rotatable bonds is 10. The molecule has 0 bridgehead atoms. The van der Waals surface area contributed by atoms with Gasteiger partial charge in [-0.25, -0.2) is 22.8 Å². The van der Waals surface area contributed by atoms with Gasteiger partial charge in [-0.1, -0.05) is 0 Å². The van der Waals surface area contributed by atoms with E-state index in [0.717, 1.165) is 4.57 Å². The number of aromatic amines is 1. The first-order chi connectivity index (χ1) is 14.2. The fourth-order valence-electron chi connectivity index (χ4n) is 3.10. The number of fused-ring (bicyclic) bond motifs is 1. The Morgan fingerprint density at radius 1 is 1.23 bits per heavy atom. The fourth-order valence-corrected chi connectivity index (χ4v) is 6.99. The van der Waals surface area contributed by atoms with Gasteiger partial charge in [0.15, 0.2) is 9.03 Å². The fraction of sp³-hybridized carbons (Fsp3) is 0.636. The summed E-state index contributed by atoms with van der Waals surface area (Å²) < 4.78 is 57.9. The Kier molecular flexibility index (Phi) is 7.00. The van der Waals surface area contributed by atoms with Gasteiger partial charge in [-0.2, -0.15) is 8.62 Å². The van der Waals surface area contributed by atoms with Crippen molar-refractivity contribution in [2.75, 3.05) is 6.61 Å². The van der Waals surface area contributed by atoms with E-state index in [2.05, 4.69) is 22.4 Å². The van der Waals surface area contributed by atoms with Crippen LogP contribution in [0.4, 0.5) is 0 Å². The maximum absolute atomic E-state index is 12.0. The molecule has 1 saturated carbocycles. The SMILES string of the molecule is Cc1cn(C2CC3CC3(COP(=O)(O)OP(=O)(O)OP(=O)(O)OPO)O2)c(=O)[nH]c1=O. The summed E-state index contributed by atoms with van der Waals surface area (Å²) in [5.41, 5.74) is -2.06. The quantitative estimate of drug-likeness (QED) is 0.260. The number of phosphoric acid groups is 3. The van der Waals surface area contributed by atoms with E-state index in [1.165, 1.54) is 13.1 Å². The molecule has 0 amide bonds. The summed E-state index contributed by atoms with van der Waals surface area (Å²) in [5.74, 6) is -0.176. The van der Waals surface area contributed by atoms with Gasteiger partial charge in [0.2, 0.25) is 0 Å². The normalized spacial score (nSPS) is 31.1. The van der Waals surface area contributed by atoms with Gasteiger partial charge in [-0.15, -0.1) is 0 Å². The van der Waals surface area contributed by atoms with E-state index in [1.54, 1.807) is 0 Å². The van der Waals surface area contributed by atoms with Gasteiger partial charge in [0.25, 0.3) is 5.56 Å². The molecule has 0 radical (unpaired) electrons. The molecule has 1 saturated heterocycles. The summed E-state index contributed by atoms with van der Waals surface area (Å²) >= 11 is 0. The molecular formula is C11H18N2O14P4. The lowest BCUT2D eigenvalue weighted by atomic mass is 10.2. The second-order valence-corrected chi connectivity index (χ2v) is 12.1. The minimum atomic E-state index is -5.61. The highest BCUT2D eigenvalue weighted by Crippen LogP contribution is 2.69. The van der Waals surface area contributed by atoms with Crippen molar-refractivity contribution in [3.63, 3.8) is 0 Å². The smallest absolute Gasteiger partial charge is 0.352 e. The number of hydrogen-bond donors (Lipinski definition) is 5. The lowest BCUT2D eigenvalue weighted by Crippen LogP contribution is -2.34. The van der Waals surface area contributed by atoms with Crippen molar-refractivity contribution >= 4 is 32.5 Å². The summed E-state index contributed by atoms with van der Waals surface area (Å²) in [5, 5.41) is 0. The van der Waals surface area contributed by atoms with Crippen LogP contribution >= 0.6 is 32.5 Å². The van der Waals surface area contributed by atoms with E-state index in [0.29, 0.717) is 12.8 Å². The van der Waals surface area contributed by atoms with Gasteiger partial charge in [0, 0.05) is 11.8 Å². The number of H-pyrrole nitrogens is 1. The largest absolute Gasteiger partial charge is 0.490 e. The predicted octanol–water partition coefficient (Wildman–Crippen LogP) is 0.391. The maximum atomic E-state index is 12.0. The molecule has 0 aromatic carbocycles. The van der Waals surface area contributed by atoms with Crippen LogP contribution in [0.5, 0.6) is 0 Å². The van der Waals surface area contributed by atoms with Crippen LogP contribution in [0.3, 0.4) is 0 Å². The van der Waals surface area contributed by atoms with Crippen molar-refractivity contribution in [1.82, 2.24) is 9.55 Å². The second-order valence-electron chi connectivity index (χ2n) is 6.78. The van der Waals surface area contributed by atoms with Gasteiger partial charge < -0.3 is 24.3 Å². The Labute approximate surface area is 174 Å². The molecule has 2 fully saturated rings. The molecule has 2 aliphatic rings. The third-order valence-corrected chi connectivity index (χ3v) is 9.54. The van der Waals surface area contributed by atoms with Gasteiger partial charge in [0.1, 0.15) is 6.23 Å². The highest BCUT2D eigenvalue weighted by atomic mass is 31.3. The first kappa shape index (κ1) is 25.1. The van der Waals surface area contributed by atoms with Crippen LogP contribution in [-0.2, 0) is 35.9 Å². The van der Waals surface area contributed by atoms with E-state index in [1.807, 2.05) is 0 Å². The number of aromatic nitrogens is 2. The Balaban J connectivity index is 1.61. The molecule has 2 heterocycles. The number of phosphoric ester groups is 1. The molecule has 1 aliphatic carbocycles. The summed E-state index contributed by atoms with van der Waals surface area (Å²) in [7, 11) is -17.7. The van der Waals surface area contributed by atoms with Crippen LogP contribution < -0.4 is 11.2 Å². The third kappa shape index (κ3) is 6.07. The lowest BCUT2D eigenvalue weighted by Gasteiger charge is -2.22. The summed E-state index contributed by atoms with van der Waals surface area (Å²) in [6.45, 7) is 0.916. The zero-order valence-corrected chi connectivity index (χ0v) is 19.2. The zero-order chi connectivity index (χ0) is 23.2. The van der Waals surface area contributed by atoms with Gasteiger partial charge in [0.05, 0.1) is 12.2 Å². The summed E-state index contributed by atoms with van der Waals surface area (Å²) in [4.78, 5) is 62.1. The standard InChI is InChI=1S/C11H18N2O14P4/c1-6-4-13(10(15)12-9(6)14)8-2-7-3-11(7,24-8)5-23-29(17,18)26-31(21,22)27-30(19,20)25-28-16/h4,7-8,16,28H,2-3,5H2,1H3,(H,17,18)(H,19,20)(H,21,22)(H,12,14,15). The number of nitrogens with one attached hydrogen (secondary N) is 1. The van der Waals surface area contributed by atoms with Crippen molar-refractivity contribution in [1.29, 1.82) is 0 Å². The molecule has 1 aromatic heterocycles. The summed E-state index contributed by atoms with van der Waals surface area (Å²) in [6, 6.07) is 0. The Hall–Kier alpha value is -0.560. The monoisotopic (exact) mass is 526 g/mol. The van der Waals surface area contributed by atoms with E-state index in [-0.39, 0.29) is 11.5 Å². The average Bonchev–Trinajstić information content (AvgIpc) is 3.15. The van der Waals surface area contributed by atoms with Gasteiger partial charge >= 0.3 is 29.2 Å². The minimum absolute atomic E-state index is 0.176.